The highest BCUT2D eigenvalue weighted by Gasteiger charge is 2.13. The van der Waals surface area contributed by atoms with Gasteiger partial charge in [-0.3, -0.25) is 0 Å². The average Bonchev–Trinajstić information content (AvgIpc) is 2.50. The summed E-state index contributed by atoms with van der Waals surface area (Å²) in [5.74, 6) is -0.333. The molecule has 2 heteroatoms. The third kappa shape index (κ3) is 6.94. The smallest absolute Gasteiger partial charge is 0.331 e. The van der Waals surface area contributed by atoms with E-state index in [-0.39, 0.29) is 0 Å². The number of carbonyl (C=O) groups is 1. The Hall–Kier alpha value is -1.83. The van der Waals surface area contributed by atoms with E-state index in [1.165, 1.54) is 6.42 Å². The first-order chi connectivity index (χ1) is 10.2. The van der Waals surface area contributed by atoms with Crippen LogP contribution in [0.4, 0.5) is 0 Å². The van der Waals surface area contributed by atoms with Gasteiger partial charge in [-0.1, -0.05) is 88.1 Å². The highest BCUT2D eigenvalue weighted by molar-refractivity contribution is 5.87. The van der Waals surface area contributed by atoms with E-state index in [1.54, 1.807) is 6.08 Å². The summed E-state index contributed by atoms with van der Waals surface area (Å²) in [5.41, 5.74) is 1.58. The molecule has 21 heavy (non-hydrogen) atoms. The molecule has 0 amide bonds. The molecule has 114 valence electrons. The molecule has 1 aromatic rings. The number of carboxylic acid groups (broad SMARTS) is 1. The zero-order valence-corrected chi connectivity index (χ0v) is 13.1. The van der Waals surface area contributed by atoms with Gasteiger partial charge in [0.1, 0.15) is 0 Å². The van der Waals surface area contributed by atoms with Crippen LogP contribution < -0.4 is 0 Å². The van der Waals surface area contributed by atoms with Crippen LogP contribution >= 0.6 is 0 Å². The van der Waals surface area contributed by atoms with Gasteiger partial charge in [0.05, 0.1) is 0 Å². The van der Waals surface area contributed by atoms with Crippen LogP contribution in [0.2, 0.25) is 0 Å². The van der Waals surface area contributed by atoms with Gasteiger partial charge in [-0.05, 0) is 17.9 Å². The van der Waals surface area contributed by atoms with Crippen LogP contribution in [0, 0.1) is 5.92 Å². The van der Waals surface area contributed by atoms with E-state index in [9.17, 15) is 9.90 Å². The van der Waals surface area contributed by atoms with Crippen LogP contribution in [-0.4, -0.2) is 11.1 Å². The largest absolute Gasteiger partial charge is 0.478 e. The lowest BCUT2D eigenvalue weighted by atomic mass is 9.91. The summed E-state index contributed by atoms with van der Waals surface area (Å²) in [6, 6.07) is 9.91. The molecule has 1 unspecified atom stereocenters. The monoisotopic (exact) mass is 286 g/mol. The topological polar surface area (TPSA) is 37.3 Å². The third-order valence-corrected chi connectivity index (χ3v) is 3.71. The molecule has 0 aliphatic heterocycles. The normalized spacial score (nSPS) is 13.5. The fraction of sp³-hybridized carbons (Fsp3) is 0.421. The summed E-state index contributed by atoms with van der Waals surface area (Å²) in [4.78, 5) is 11.4. The van der Waals surface area contributed by atoms with Gasteiger partial charge in [-0.25, -0.2) is 4.79 Å². The maximum atomic E-state index is 11.4. The second-order valence-corrected chi connectivity index (χ2v) is 5.39. The minimum absolute atomic E-state index is 0.470. The van der Waals surface area contributed by atoms with Crippen molar-refractivity contribution >= 4 is 12.0 Å². The first-order valence-corrected chi connectivity index (χ1v) is 7.82. The van der Waals surface area contributed by atoms with Crippen LogP contribution in [0.3, 0.4) is 0 Å². The molecule has 1 N–H and O–H groups in total. The van der Waals surface area contributed by atoms with E-state index in [2.05, 4.69) is 13.8 Å². The number of hydrogen-bond donors (Lipinski definition) is 1. The van der Waals surface area contributed by atoms with Gasteiger partial charge in [0.25, 0.3) is 0 Å². The van der Waals surface area contributed by atoms with Gasteiger partial charge >= 0.3 is 5.97 Å². The number of allylic oxidation sites excluding steroid dienone is 2. The molecule has 0 aliphatic rings. The summed E-state index contributed by atoms with van der Waals surface area (Å²) in [7, 11) is 0. The molecule has 0 bridgehead atoms. The van der Waals surface area contributed by atoms with E-state index < -0.39 is 5.97 Å². The van der Waals surface area contributed by atoms with Gasteiger partial charge in [0, 0.05) is 5.57 Å². The highest BCUT2D eigenvalue weighted by Crippen LogP contribution is 2.21. The SMILES string of the molecule is CCCCC(CC)CC(=CC=Cc1ccccc1)C(=O)O. The molecular formula is C19H26O2. The molecule has 0 aromatic heterocycles. The number of unbranched alkanes of at least 4 members (excludes halogenated alkanes) is 1. The lowest BCUT2D eigenvalue weighted by molar-refractivity contribution is -0.132. The molecule has 0 fully saturated rings. The predicted molar refractivity (Wildman–Crippen MR) is 89.1 cm³/mol. The molecule has 0 radical (unpaired) electrons. The Morgan fingerprint density at radius 1 is 1.24 bits per heavy atom. The number of benzene rings is 1. The van der Waals surface area contributed by atoms with Gasteiger partial charge < -0.3 is 5.11 Å². The Balaban J connectivity index is 2.69. The molecule has 0 saturated carbocycles. The number of carboxylic acids is 1. The lowest BCUT2D eigenvalue weighted by Gasteiger charge is -2.14. The Bertz CT molecular complexity index is 472. The molecule has 1 atom stereocenters. The zero-order chi connectivity index (χ0) is 15.5. The number of aliphatic carboxylic acids is 1. The van der Waals surface area contributed by atoms with Crippen LogP contribution in [0.5, 0.6) is 0 Å². The van der Waals surface area contributed by atoms with Crippen molar-refractivity contribution in [2.24, 2.45) is 5.92 Å². The van der Waals surface area contributed by atoms with Crippen molar-refractivity contribution < 1.29 is 9.90 Å². The van der Waals surface area contributed by atoms with Gasteiger partial charge in [0.15, 0.2) is 0 Å². The number of hydrogen-bond acceptors (Lipinski definition) is 1. The summed E-state index contributed by atoms with van der Waals surface area (Å²) < 4.78 is 0. The van der Waals surface area contributed by atoms with Crippen LogP contribution in [0.25, 0.3) is 6.08 Å². The van der Waals surface area contributed by atoms with E-state index in [1.807, 2.05) is 42.5 Å². The number of rotatable bonds is 9. The Kier molecular flexibility index (Phi) is 8.18. The fourth-order valence-electron chi connectivity index (χ4n) is 2.32. The molecule has 0 heterocycles. The van der Waals surface area contributed by atoms with Crippen molar-refractivity contribution in [3.8, 4) is 0 Å². The van der Waals surface area contributed by atoms with Crippen LogP contribution in [0.15, 0.2) is 48.1 Å². The average molecular weight is 286 g/mol. The molecule has 0 spiro atoms. The van der Waals surface area contributed by atoms with Crippen LogP contribution in [-0.2, 0) is 4.79 Å². The molecule has 0 aliphatic carbocycles. The van der Waals surface area contributed by atoms with E-state index in [0.717, 1.165) is 24.8 Å². The Morgan fingerprint density at radius 3 is 2.52 bits per heavy atom. The first kappa shape index (κ1) is 17.2. The second-order valence-electron chi connectivity index (χ2n) is 5.39. The minimum atomic E-state index is -0.803. The molecule has 2 nitrogen and oxygen atoms in total. The van der Waals surface area contributed by atoms with Gasteiger partial charge in [-0.2, -0.15) is 0 Å². The maximum Gasteiger partial charge on any atom is 0.331 e. The van der Waals surface area contributed by atoms with Crippen molar-refractivity contribution in [3.63, 3.8) is 0 Å². The maximum absolute atomic E-state index is 11.4. The molecular weight excluding hydrogens is 260 g/mol. The molecule has 1 rings (SSSR count). The van der Waals surface area contributed by atoms with Crippen molar-refractivity contribution in [2.75, 3.05) is 0 Å². The lowest BCUT2D eigenvalue weighted by Crippen LogP contribution is -2.07. The summed E-state index contributed by atoms with van der Waals surface area (Å²) >= 11 is 0. The van der Waals surface area contributed by atoms with Crippen molar-refractivity contribution in [1.82, 2.24) is 0 Å². The van der Waals surface area contributed by atoms with Gasteiger partial charge in [0.2, 0.25) is 0 Å². The minimum Gasteiger partial charge on any atom is -0.478 e. The highest BCUT2D eigenvalue weighted by atomic mass is 16.4. The summed E-state index contributed by atoms with van der Waals surface area (Å²) in [6.45, 7) is 4.31. The van der Waals surface area contributed by atoms with Gasteiger partial charge in [-0.15, -0.1) is 0 Å². The van der Waals surface area contributed by atoms with Crippen LogP contribution in [0.1, 0.15) is 51.5 Å². The first-order valence-electron chi connectivity index (χ1n) is 7.82. The second kappa shape index (κ2) is 9.98. The zero-order valence-electron chi connectivity index (χ0n) is 13.1. The third-order valence-electron chi connectivity index (χ3n) is 3.71. The standard InChI is InChI=1S/C19H26O2/c1-3-5-10-16(4-2)15-18(19(20)21)14-9-13-17-11-7-6-8-12-17/h6-9,11-14,16H,3-5,10,15H2,1-2H3,(H,20,21). The van der Waals surface area contributed by atoms with Crippen molar-refractivity contribution in [3.05, 3.63) is 53.6 Å². The van der Waals surface area contributed by atoms with Crippen molar-refractivity contribution in [1.29, 1.82) is 0 Å². The summed E-state index contributed by atoms with van der Waals surface area (Å²) in [6.07, 6.45) is 10.7. The Labute approximate surface area is 128 Å². The Morgan fingerprint density at radius 2 is 1.95 bits per heavy atom. The molecule has 1 aromatic carbocycles. The van der Waals surface area contributed by atoms with Crippen molar-refractivity contribution in [2.45, 2.75) is 46.0 Å². The molecule has 0 saturated heterocycles. The predicted octanol–water partition coefficient (Wildman–Crippen LogP) is 5.32. The fourth-order valence-corrected chi connectivity index (χ4v) is 2.32. The van der Waals surface area contributed by atoms with E-state index >= 15 is 0 Å². The quantitative estimate of drug-likeness (QED) is 0.493. The van der Waals surface area contributed by atoms with E-state index in [4.69, 9.17) is 0 Å². The summed E-state index contributed by atoms with van der Waals surface area (Å²) in [5, 5.41) is 9.34. The van der Waals surface area contributed by atoms with E-state index in [0.29, 0.717) is 17.9 Å².